The fourth-order valence-corrected chi connectivity index (χ4v) is 3.57. The molecule has 2 aromatic rings. The molecule has 0 bridgehead atoms. The van der Waals surface area contributed by atoms with Crippen LogP contribution in [0.5, 0.6) is 0 Å². The van der Waals surface area contributed by atoms with Gasteiger partial charge in [0.1, 0.15) is 0 Å². The van der Waals surface area contributed by atoms with Crippen LogP contribution < -0.4 is 10.2 Å². The van der Waals surface area contributed by atoms with Gasteiger partial charge in [-0.05, 0) is 47.9 Å². The summed E-state index contributed by atoms with van der Waals surface area (Å²) in [6, 6.07) is 13.1. The van der Waals surface area contributed by atoms with Crippen molar-refractivity contribution in [3.05, 3.63) is 58.6 Å². The molecule has 2 amide bonds. The van der Waals surface area contributed by atoms with Crippen molar-refractivity contribution in [1.29, 1.82) is 0 Å². The lowest BCUT2D eigenvalue weighted by Crippen LogP contribution is -2.39. The second kappa shape index (κ2) is 8.31. The van der Waals surface area contributed by atoms with Crippen molar-refractivity contribution in [3.63, 3.8) is 0 Å². The Morgan fingerprint density at radius 2 is 1.96 bits per heavy atom. The van der Waals surface area contributed by atoms with E-state index in [1.807, 2.05) is 42.5 Å². The van der Waals surface area contributed by atoms with Gasteiger partial charge in [0.05, 0.1) is 26.4 Å². The van der Waals surface area contributed by atoms with E-state index in [0.29, 0.717) is 43.3 Å². The standard InChI is InChI=1S/C21H21ClN2O4/c22-16-4-1-14(2-5-16)12-24-18-7-6-17(11-15(18)3-8-20(24)25)23-21(26)19-13-27-9-10-28-19/h1-2,4-7,11,19H,3,8-10,12-13H2,(H,23,26). The lowest BCUT2D eigenvalue weighted by Gasteiger charge is -2.30. The summed E-state index contributed by atoms with van der Waals surface area (Å²) >= 11 is 5.95. The molecular weight excluding hydrogens is 380 g/mol. The van der Waals surface area contributed by atoms with E-state index in [0.717, 1.165) is 16.8 Å². The SMILES string of the molecule is O=C(Nc1ccc2c(c1)CCC(=O)N2Cc1ccc(Cl)cc1)C1COCCO1. The summed E-state index contributed by atoms with van der Waals surface area (Å²) in [6.07, 6.45) is 0.503. The summed E-state index contributed by atoms with van der Waals surface area (Å²) in [5.41, 5.74) is 3.62. The number of nitrogens with zero attached hydrogens (tertiary/aromatic N) is 1. The molecule has 0 radical (unpaired) electrons. The number of anilines is 2. The number of nitrogens with one attached hydrogen (secondary N) is 1. The molecule has 6 nitrogen and oxygen atoms in total. The highest BCUT2D eigenvalue weighted by Crippen LogP contribution is 2.31. The predicted octanol–water partition coefficient (Wildman–Crippen LogP) is 3.17. The zero-order chi connectivity index (χ0) is 19.5. The largest absolute Gasteiger partial charge is 0.376 e. The molecular formula is C21H21ClN2O4. The van der Waals surface area contributed by atoms with Gasteiger partial charge in [-0.2, -0.15) is 0 Å². The first kappa shape index (κ1) is 18.9. The Kier molecular flexibility index (Phi) is 5.62. The van der Waals surface area contributed by atoms with Crippen molar-refractivity contribution in [2.24, 2.45) is 0 Å². The number of fused-ring (bicyclic) bond motifs is 1. The minimum Gasteiger partial charge on any atom is -0.376 e. The Morgan fingerprint density at radius 1 is 1.14 bits per heavy atom. The van der Waals surface area contributed by atoms with Crippen LogP contribution in [0.25, 0.3) is 0 Å². The molecule has 2 aliphatic heterocycles. The van der Waals surface area contributed by atoms with E-state index in [1.165, 1.54) is 0 Å². The van der Waals surface area contributed by atoms with Crippen molar-refractivity contribution < 1.29 is 19.1 Å². The third-order valence-corrected chi connectivity index (χ3v) is 5.16. The average molecular weight is 401 g/mol. The number of hydrogen-bond donors (Lipinski definition) is 1. The summed E-state index contributed by atoms with van der Waals surface area (Å²) in [5.74, 6) is -0.128. The number of halogens is 1. The average Bonchev–Trinajstić information content (AvgIpc) is 2.72. The van der Waals surface area contributed by atoms with E-state index in [-0.39, 0.29) is 18.4 Å². The summed E-state index contributed by atoms with van der Waals surface area (Å²) in [4.78, 5) is 26.6. The molecule has 0 spiro atoms. The Morgan fingerprint density at radius 3 is 2.71 bits per heavy atom. The predicted molar refractivity (Wildman–Crippen MR) is 107 cm³/mol. The van der Waals surface area contributed by atoms with Crippen molar-refractivity contribution in [1.82, 2.24) is 0 Å². The van der Waals surface area contributed by atoms with E-state index in [9.17, 15) is 9.59 Å². The highest BCUT2D eigenvalue weighted by Gasteiger charge is 2.26. The fraction of sp³-hybridized carbons (Fsp3) is 0.333. The number of carbonyl (C=O) groups excluding carboxylic acids is 2. The molecule has 2 aliphatic rings. The van der Waals surface area contributed by atoms with Gasteiger partial charge in [0.25, 0.3) is 5.91 Å². The minimum absolute atomic E-state index is 0.0898. The maximum absolute atomic E-state index is 12.5. The van der Waals surface area contributed by atoms with E-state index in [2.05, 4.69) is 5.32 Å². The Labute approximate surface area is 168 Å². The summed E-state index contributed by atoms with van der Waals surface area (Å²) < 4.78 is 10.7. The number of ether oxygens (including phenoxy) is 2. The van der Waals surface area contributed by atoms with Crippen LogP contribution in [0.15, 0.2) is 42.5 Å². The second-order valence-corrected chi connectivity index (χ2v) is 7.31. The van der Waals surface area contributed by atoms with Crippen molar-refractivity contribution in [3.8, 4) is 0 Å². The van der Waals surface area contributed by atoms with Crippen LogP contribution in [0, 0.1) is 0 Å². The lowest BCUT2D eigenvalue weighted by molar-refractivity contribution is -0.142. The Balaban J connectivity index is 1.50. The first-order chi connectivity index (χ1) is 13.6. The van der Waals surface area contributed by atoms with Crippen molar-refractivity contribution >= 4 is 34.8 Å². The smallest absolute Gasteiger partial charge is 0.255 e. The van der Waals surface area contributed by atoms with Gasteiger partial charge in [-0.25, -0.2) is 0 Å². The topological polar surface area (TPSA) is 67.9 Å². The molecule has 0 aromatic heterocycles. The van der Waals surface area contributed by atoms with E-state index in [4.69, 9.17) is 21.1 Å². The van der Waals surface area contributed by atoms with Gasteiger partial charge in [0.2, 0.25) is 5.91 Å². The monoisotopic (exact) mass is 400 g/mol. The maximum Gasteiger partial charge on any atom is 0.255 e. The summed E-state index contributed by atoms with van der Waals surface area (Å²) in [6.45, 7) is 1.69. The first-order valence-corrected chi connectivity index (χ1v) is 9.66. The molecule has 2 heterocycles. The van der Waals surface area contributed by atoms with Crippen molar-refractivity contribution in [2.75, 3.05) is 30.0 Å². The third-order valence-electron chi connectivity index (χ3n) is 4.91. The molecule has 7 heteroatoms. The highest BCUT2D eigenvalue weighted by atomic mass is 35.5. The molecule has 1 saturated heterocycles. The van der Waals surface area contributed by atoms with Crippen LogP contribution in [-0.2, 0) is 32.0 Å². The van der Waals surface area contributed by atoms with Crippen LogP contribution >= 0.6 is 11.6 Å². The van der Waals surface area contributed by atoms with Gasteiger partial charge >= 0.3 is 0 Å². The van der Waals surface area contributed by atoms with Crippen LogP contribution in [-0.4, -0.2) is 37.7 Å². The zero-order valence-electron chi connectivity index (χ0n) is 15.3. The van der Waals surface area contributed by atoms with Crippen LogP contribution in [0.2, 0.25) is 5.02 Å². The molecule has 0 aliphatic carbocycles. The van der Waals surface area contributed by atoms with E-state index < -0.39 is 6.10 Å². The fourth-order valence-electron chi connectivity index (χ4n) is 3.45. The van der Waals surface area contributed by atoms with Gasteiger partial charge in [-0.3, -0.25) is 9.59 Å². The Hall–Kier alpha value is -2.41. The third kappa shape index (κ3) is 4.19. The minimum atomic E-state index is -0.590. The van der Waals surface area contributed by atoms with Crippen LogP contribution in [0.1, 0.15) is 17.5 Å². The molecule has 1 N–H and O–H groups in total. The van der Waals surface area contributed by atoms with Gasteiger partial charge in [-0.1, -0.05) is 23.7 Å². The highest BCUT2D eigenvalue weighted by molar-refractivity contribution is 6.30. The van der Waals surface area contributed by atoms with Crippen LogP contribution in [0.3, 0.4) is 0 Å². The normalized spacial score (nSPS) is 19.2. The number of aryl methyl sites for hydroxylation is 1. The molecule has 4 rings (SSSR count). The molecule has 28 heavy (non-hydrogen) atoms. The molecule has 1 fully saturated rings. The zero-order valence-corrected chi connectivity index (χ0v) is 16.1. The number of benzene rings is 2. The van der Waals surface area contributed by atoms with Gasteiger partial charge in [0.15, 0.2) is 6.10 Å². The number of carbonyl (C=O) groups is 2. The van der Waals surface area contributed by atoms with Crippen LogP contribution in [0.4, 0.5) is 11.4 Å². The Bertz CT molecular complexity index is 878. The quantitative estimate of drug-likeness (QED) is 0.855. The first-order valence-electron chi connectivity index (χ1n) is 9.28. The molecule has 2 aromatic carbocycles. The van der Waals surface area contributed by atoms with Crippen molar-refractivity contribution in [2.45, 2.75) is 25.5 Å². The molecule has 1 atom stereocenters. The maximum atomic E-state index is 12.5. The summed E-state index contributed by atoms with van der Waals surface area (Å²) in [7, 11) is 0. The van der Waals surface area contributed by atoms with E-state index >= 15 is 0 Å². The van der Waals surface area contributed by atoms with E-state index in [1.54, 1.807) is 4.90 Å². The molecule has 146 valence electrons. The number of rotatable bonds is 4. The number of amides is 2. The van der Waals surface area contributed by atoms with Gasteiger partial charge < -0.3 is 19.7 Å². The lowest BCUT2D eigenvalue weighted by atomic mass is 9.99. The molecule has 1 unspecified atom stereocenters. The van der Waals surface area contributed by atoms with Gasteiger partial charge in [0, 0.05) is 22.8 Å². The second-order valence-electron chi connectivity index (χ2n) is 6.87. The number of hydrogen-bond acceptors (Lipinski definition) is 4. The summed E-state index contributed by atoms with van der Waals surface area (Å²) in [5, 5.41) is 3.55. The van der Waals surface area contributed by atoms with Gasteiger partial charge in [-0.15, -0.1) is 0 Å². The molecule has 0 saturated carbocycles.